The summed E-state index contributed by atoms with van der Waals surface area (Å²) in [6.07, 6.45) is 3.05. The van der Waals surface area contributed by atoms with Crippen molar-refractivity contribution in [3.8, 4) is 0 Å². The maximum Gasteiger partial charge on any atom is 0.251 e. The van der Waals surface area contributed by atoms with Crippen LogP contribution in [0.3, 0.4) is 0 Å². The van der Waals surface area contributed by atoms with Gasteiger partial charge in [-0.15, -0.1) is 0 Å². The van der Waals surface area contributed by atoms with Gasteiger partial charge in [0.05, 0.1) is 0 Å². The smallest absolute Gasteiger partial charge is 0.251 e. The number of carbonyl (C=O) groups is 1. The van der Waals surface area contributed by atoms with Crippen LogP contribution in [-0.2, 0) is 4.79 Å². The maximum absolute atomic E-state index is 11.5. The van der Waals surface area contributed by atoms with E-state index in [0.29, 0.717) is 0 Å². The lowest BCUT2D eigenvalue weighted by Crippen LogP contribution is -2.36. The van der Waals surface area contributed by atoms with Gasteiger partial charge in [-0.3, -0.25) is 4.79 Å². The van der Waals surface area contributed by atoms with Crippen LogP contribution in [0, 0.1) is 11.8 Å². The van der Waals surface area contributed by atoms with Crippen molar-refractivity contribution in [3.63, 3.8) is 0 Å². The van der Waals surface area contributed by atoms with Gasteiger partial charge in [0.15, 0.2) is 0 Å². The molecule has 0 spiro atoms. The summed E-state index contributed by atoms with van der Waals surface area (Å²) in [5.41, 5.74) is 0. The normalized spacial score (nSPS) is 34.8. The fraction of sp³-hybridized carbons (Fsp3) is 0.900. The van der Waals surface area contributed by atoms with Crippen LogP contribution in [0.25, 0.3) is 0 Å². The lowest BCUT2D eigenvalue weighted by Gasteiger charge is -2.18. The van der Waals surface area contributed by atoms with Crippen LogP contribution in [0.2, 0.25) is 0 Å². The van der Waals surface area contributed by atoms with E-state index < -0.39 is 6.10 Å². The van der Waals surface area contributed by atoms with Gasteiger partial charge >= 0.3 is 0 Å². The average molecular weight is 183 g/mol. The lowest BCUT2D eigenvalue weighted by molar-refractivity contribution is -0.138. The van der Waals surface area contributed by atoms with Crippen molar-refractivity contribution in [2.45, 2.75) is 32.3 Å². The molecule has 0 bridgehead atoms. The Morgan fingerprint density at radius 3 is 2.38 bits per heavy atom. The van der Waals surface area contributed by atoms with Gasteiger partial charge in [-0.1, -0.05) is 6.42 Å². The Bertz CT molecular complexity index is 203. The Hall–Kier alpha value is -0.570. The molecule has 3 heteroatoms. The number of rotatable bonds is 1. The molecule has 1 saturated carbocycles. The first-order valence-corrected chi connectivity index (χ1v) is 5.15. The van der Waals surface area contributed by atoms with E-state index in [1.165, 1.54) is 19.3 Å². The first-order valence-electron chi connectivity index (χ1n) is 5.15. The first-order chi connectivity index (χ1) is 6.18. The first kappa shape index (κ1) is 9.00. The standard InChI is InChI=1S/C10H17NO2/c1-7(12)10(13)11-5-8-3-2-4-9(8)6-11/h7-9,12H,2-6H2,1H3/t7-,8-,9+/m0/s1. The highest BCUT2D eigenvalue weighted by atomic mass is 16.3. The van der Waals surface area contributed by atoms with Gasteiger partial charge < -0.3 is 10.0 Å². The number of fused-ring (bicyclic) bond motifs is 1. The number of hydrogen-bond acceptors (Lipinski definition) is 2. The van der Waals surface area contributed by atoms with Crippen LogP contribution in [0.1, 0.15) is 26.2 Å². The second kappa shape index (κ2) is 3.29. The monoisotopic (exact) mass is 183 g/mol. The van der Waals surface area contributed by atoms with Gasteiger partial charge in [0.25, 0.3) is 5.91 Å². The molecular weight excluding hydrogens is 166 g/mol. The van der Waals surface area contributed by atoms with Crippen LogP contribution < -0.4 is 0 Å². The summed E-state index contributed by atoms with van der Waals surface area (Å²) in [6.45, 7) is 3.32. The Morgan fingerprint density at radius 1 is 1.38 bits per heavy atom. The van der Waals surface area contributed by atoms with Gasteiger partial charge in [0.1, 0.15) is 6.10 Å². The van der Waals surface area contributed by atoms with E-state index in [1.54, 1.807) is 6.92 Å². The molecule has 1 saturated heterocycles. The minimum absolute atomic E-state index is 0.0885. The van der Waals surface area contributed by atoms with Gasteiger partial charge in [-0.2, -0.15) is 0 Å². The minimum Gasteiger partial charge on any atom is -0.384 e. The summed E-state index contributed by atoms with van der Waals surface area (Å²) in [5, 5.41) is 9.15. The van der Waals surface area contributed by atoms with Crippen molar-refractivity contribution < 1.29 is 9.90 Å². The zero-order valence-corrected chi connectivity index (χ0v) is 8.07. The minimum atomic E-state index is -0.821. The molecule has 2 aliphatic rings. The van der Waals surface area contributed by atoms with E-state index in [2.05, 4.69) is 0 Å². The van der Waals surface area contributed by atoms with Crippen LogP contribution in [0.15, 0.2) is 0 Å². The number of amides is 1. The summed E-state index contributed by atoms with van der Waals surface area (Å²) < 4.78 is 0. The Labute approximate surface area is 78.7 Å². The number of nitrogens with zero attached hydrogens (tertiary/aromatic N) is 1. The largest absolute Gasteiger partial charge is 0.384 e. The van der Waals surface area contributed by atoms with Crippen molar-refractivity contribution >= 4 is 5.91 Å². The molecule has 0 unspecified atom stereocenters. The highest BCUT2D eigenvalue weighted by Gasteiger charge is 2.38. The van der Waals surface area contributed by atoms with Crippen molar-refractivity contribution in [3.05, 3.63) is 0 Å². The van der Waals surface area contributed by atoms with Crippen molar-refractivity contribution in [1.29, 1.82) is 0 Å². The van der Waals surface area contributed by atoms with Gasteiger partial charge in [-0.05, 0) is 31.6 Å². The molecular formula is C10H17NO2. The predicted molar refractivity (Wildman–Crippen MR) is 49.1 cm³/mol. The van der Waals surface area contributed by atoms with Crippen molar-refractivity contribution in [2.75, 3.05) is 13.1 Å². The van der Waals surface area contributed by atoms with Crippen LogP contribution in [0.5, 0.6) is 0 Å². The SMILES string of the molecule is C[C@H](O)C(=O)N1C[C@H]2CCC[C@H]2C1. The van der Waals surface area contributed by atoms with Crippen LogP contribution in [0.4, 0.5) is 0 Å². The van der Waals surface area contributed by atoms with E-state index in [9.17, 15) is 4.79 Å². The van der Waals surface area contributed by atoms with Crippen molar-refractivity contribution in [2.24, 2.45) is 11.8 Å². The highest BCUT2D eigenvalue weighted by molar-refractivity contribution is 5.80. The lowest BCUT2D eigenvalue weighted by atomic mass is 10.0. The molecule has 3 atom stereocenters. The molecule has 1 amide bonds. The fourth-order valence-electron chi connectivity index (χ4n) is 2.68. The third-order valence-electron chi connectivity index (χ3n) is 3.40. The molecule has 0 aromatic carbocycles. The summed E-state index contributed by atoms with van der Waals surface area (Å²) in [4.78, 5) is 13.3. The molecule has 1 aliphatic heterocycles. The highest BCUT2D eigenvalue weighted by Crippen LogP contribution is 2.37. The molecule has 2 fully saturated rings. The molecule has 0 aromatic heterocycles. The Morgan fingerprint density at radius 2 is 1.92 bits per heavy atom. The molecule has 0 radical (unpaired) electrons. The predicted octanol–water partition coefficient (Wildman–Crippen LogP) is 0.626. The molecule has 1 N–H and O–H groups in total. The number of aliphatic hydroxyl groups excluding tert-OH is 1. The summed E-state index contributed by atoms with van der Waals surface area (Å²) in [6, 6.07) is 0. The van der Waals surface area contributed by atoms with Crippen molar-refractivity contribution in [1.82, 2.24) is 4.90 Å². The van der Waals surface area contributed by atoms with E-state index in [0.717, 1.165) is 24.9 Å². The molecule has 13 heavy (non-hydrogen) atoms. The molecule has 1 heterocycles. The number of hydrogen-bond donors (Lipinski definition) is 1. The molecule has 2 rings (SSSR count). The third kappa shape index (κ3) is 1.57. The number of aliphatic hydroxyl groups is 1. The summed E-state index contributed by atoms with van der Waals surface area (Å²) in [5.74, 6) is 1.36. The second-order valence-corrected chi connectivity index (χ2v) is 4.37. The molecule has 1 aliphatic carbocycles. The summed E-state index contributed by atoms with van der Waals surface area (Å²) in [7, 11) is 0. The van der Waals surface area contributed by atoms with Crippen LogP contribution >= 0.6 is 0 Å². The van der Waals surface area contributed by atoms with Gasteiger partial charge in [-0.25, -0.2) is 0 Å². The quantitative estimate of drug-likeness (QED) is 0.647. The fourth-order valence-corrected chi connectivity index (χ4v) is 2.68. The van der Waals surface area contributed by atoms with Crippen LogP contribution in [-0.4, -0.2) is 35.1 Å². The summed E-state index contributed by atoms with van der Waals surface area (Å²) >= 11 is 0. The average Bonchev–Trinajstić information content (AvgIpc) is 2.59. The topological polar surface area (TPSA) is 40.5 Å². The zero-order valence-electron chi connectivity index (χ0n) is 8.07. The van der Waals surface area contributed by atoms with Gasteiger partial charge in [0, 0.05) is 13.1 Å². The number of carbonyl (C=O) groups excluding carboxylic acids is 1. The van der Waals surface area contributed by atoms with E-state index in [-0.39, 0.29) is 5.91 Å². The zero-order chi connectivity index (χ0) is 9.42. The number of likely N-dealkylation sites (tertiary alicyclic amines) is 1. The Balaban J connectivity index is 1.95. The second-order valence-electron chi connectivity index (χ2n) is 4.37. The molecule has 0 aromatic rings. The van der Waals surface area contributed by atoms with E-state index in [1.807, 2.05) is 4.90 Å². The molecule has 3 nitrogen and oxygen atoms in total. The van der Waals surface area contributed by atoms with E-state index >= 15 is 0 Å². The van der Waals surface area contributed by atoms with Gasteiger partial charge in [0.2, 0.25) is 0 Å². The van der Waals surface area contributed by atoms with E-state index in [4.69, 9.17) is 5.11 Å². The maximum atomic E-state index is 11.5. The Kier molecular flexibility index (Phi) is 2.28. The molecule has 74 valence electrons. The third-order valence-corrected chi connectivity index (χ3v) is 3.40.